The minimum Gasteiger partial charge on any atom is -0.494 e. The summed E-state index contributed by atoms with van der Waals surface area (Å²) in [5, 5.41) is 16.1. The maximum atomic E-state index is 12.4. The predicted molar refractivity (Wildman–Crippen MR) is 123 cm³/mol. The smallest absolute Gasteiger partial charge is 0.220 e. The lowest BCUT2D eigenvalue weighted by Crippen LogP contribution is -2.23. The van der Waals surface area contributed by atoms with Gasteiger partial charge in [0.1, 0.15) is 5.75 Å². The van der Waals surface area contributed by atoms with E-state index in [-0.39, 0.29) is 5.91 Å². The molecule has 0 aliphatic carbocycles. The molecule has 7 heteroatoms. The summed E-state index contributed by atoms with van der Waals surface area (Å²) in [5.41, 5.74) is 6.02. The fourth-order valence-corrected chi connectivity index (χ4v) is 3.47. The van der Waals surface area contributed by atoms with Gasteiger partial charge < -0.3 is 10.1 Å². The zero-order chi connectivity index (χ0) is 22.5. The van der Waals surface area contributed by atoms with Crippen LogP contribution in [0.4, 0.5) is 0 Å². The number of hydrogen-bond acceptors (Lipinski definition) is 5. The highest BCUT2D eigenvalue weighted by molar-refractivity contribution is 5.76. The number of benzene rings is 2. The third-order valence-electron chi connectivity index (χ3n) is 5.40. The highest BCUT2D eigenvalue weighted by atomic mass is 16.5. The Labute approximate surface area is 187 Å². The first-order valence-electron chi connectivity index (χ1n) is 10.8. The SMILES string of the molecule is CCOc1cccc(CNC(=O)CCc2nnc3ccc(-c4ccc(C)c(C)c4)nn23)c1. The molecule has 0 fully saturated rings. The molecule has 2 heterocycles. The number of carbonyl (C=O) groups excluding carboxylic acids is 1. The van der Waals surface area contributed by atoms with E-state index in [9.17, 15) is 4.79 Å². The lowest BCUT2D eigenvalue weighted by Gasteiger charge is -2.08. The molecule has 0 bridgehead atoms. The molecular formula is C25H27N5O2. The van der Waals surface area contributed by atoms with Gasteiger partial charge in [0.2, 0.25) is 5.91 Å². The lowest BCUT2D eigenvalue weighted by molar-refractivity contribution is -0.121. The normalized spacial score (nSPS) is 11.0. The summed E-state index contributed by atoms with van der Waals surface area (Å²) in [6.45, 7) is 7.20. The van der Waals surface area contributed by atoms with Gasteiger partial charge in [0, 0.05) is 24.9 Å². The Morgan fingerprint density at radius 1 is 1.03 bits per heavy atom. The van der Waals surface area contributed by atoms with Gasteiger partial charge >= 0.3 is 0 Å². The topological polar surface area (TPSA) is 81.4 Å². The first-order chi connectivity index (χ1) is 15.5. The van der Waals surface area contributed by atoms with Crippen LogP contribution in [0.25, 0.3) is 16.9 Å². The molecule has 0 radical (unpaired) electrons. The molecular weight excluding hydrogens is 402 g/mol. The largest absolute Gasteiger partial charge is 0.494 e. The Kier molecular flexibility index (Phi) is 6.44. The summed E-state index contributed by atoms with van der Waals surface area (Å²) in [4.78, 5) is 12.4. The second kappa shape index (κ2) is 9.60. The summed E-state index contributed by atoms with van der Waals surface area (Å²) >= 11 is 0. The Bertz CT molecular complexity index is 1250. The summed E-state index contributed by atoms with van der Waals surface area (Å²) in [6.07, 6.45) is 0.761. The Hall–Kier alpha value is -3.74. The summed E-state index contributed by atoms with van der Waals surface area (Å²) in [6, 6.07) is 17.9. The molecule has 0 atom stereocenters. The fourth-order valence-electron chi connectivity index (χ4n) is 3.47. The van der Waals surface area contributed by atoms with E-state index in [1.807, 2.05) is 43.3 Å². The van der Waals surface area contributed by atoms with Crippen LogP contribution in [0, 0.1) is 13.8 Å². The highest BCUT2D eigenvalue weighted by Crippen LogP contribution is 2.21. The molecule has 7 nitrogen and oxygen atoms in total. The molecule has 0 spiro atoms. The van der Waals surface area contributed by atoms with Gasteiger partial charge in [0.05, 0.1) is 12.3 Å². The third kappa shape index (κ3) is 4.94. The molecule has 2 aromatic carbocycles. The number of aryl methyl sites for hydroxylation is 3. The average molecular weight is 430 g/mol. The first kappa shape index (κ1) is 21.5. The van der Waals surface area contributed by atoms with E-state index in [1.54, 1.807) is 4.52 Å². The Morgan fingerprint density at radius 3 is 2.72 bits per heavy atom. The minimum absolute atomic E-state index is 0.0473. The highest BCUT2D eigenvalue weighted by Gasteiger charge is 2.11. The van der Waals surface area contributed by atoms with Crippen LogP contribution in [0.1, 0.15) is 35.9 Å². The zero-order valence-electron chi connectivity index (χ0n) is 18.6. The van der Waals surface area contributed by atoms with E-state index >= 15 is 0 Å². The number of hydrogen-bond donors (Lipinski definition) is 1. The van der Waals surface area contributed by atoms with Gasteiger partial charge in [-0.3, -0.25) is 4.79 Å². The van der Waals surface area contributed by atoms with Gasteiger partial charge in [-0.05, 0) is 67.8 Å². The molecule has 164 valence electrons. The average Bonchev–Trinajstić information content (AvgIpc) is 3.21. The molecule has 1 amide bonds. The Morgan fingerprint density at radius 2 is 1.91 bits per heavy atom. The minimum atomic E-state index is -0.0473. The molecule has 0 aliphatic heterocycles. The van der Waals surface area contributed by atoms with Crippen LogP contribution in [0.3, 0.4) is 0 Å². The van der Waals surface area contributed by atoms with E-state index in [1.165, 1.54) is 11.1 Å². The third-order valence-corrected chi connectivity index (χ3v) is 5.40. The molecule has 4 rings (SSSR count). The standard InChI is InChI=1S/C25H27N5O2/c1-4-32-21-7-5-6-19(15-21)16-26-25(31)13-12-24-28-27-23-11-10-22(29-30(23)24)20-9-8-17(2)18(3)14-20/h5-11,14-15H,4,12-13,16H2,1-3H3,(H,26,31). The molecule has 1 N–H and O–H groups in total. The van der Waals surface area contributed by atoms with Crippen molar-refractivity contribution in [2.75, 3.05) is 6.61 Å². The van der Waals surface area contributed by atoms with E-state index < -0.39 is 0 Å². The Balaban J connectivity index is 1.41. The predicted octanol–water partition coefficient (Wildman–Crippen LogP) is 4.06. The van der Waals surface area contributed by atoms with Crippen LogP contribution in [-0.2, 0) is 17.8 Å². The van der Waals surface area contributed by atoms with Crippen molar-refractivity contribution in [3.8, 4) is 17.0 Å². The number of nitrogens with one attached hydrogen (secondary N) is 1. The van der Waals surface area contributed by atoms with Crippen molar-refractivity contribution < 1.29 is 9.53 Å². The van der Waals surface area contributed by atoms with E-state index in [2.05, 4.69) is 47.6 Å². The zero-order valence-corrected chi connectivity index (χ0v) is 18.6. The van der Waals surface area contributed by atoms with Gasteiger partial charge in [-0.15, -0.1) is 10.2 Å². The van der Waals surface area contributed by atoms with Crippen LogP contribution in [0.15, 0.2) is 54.6 Å². The second-order valence-corrected chi connectivity index (χ2v) is 7.76. The number of amides is 1. The fraction of sp³-hybridized carbons (Fsp3) is 0.280. The number of ether oxygens (including phenoxy) is 1. The molecule has 0 aliphatic rings. The summed E-state index contributed by atoms with van der Waals surface area (Å²) in [5.74, 6) is 1.42. The van der Waals surface area contributed by atoms with Gasteiger partial charge in [-0.2, -0.15) is 9.61 Å². The van der Waals surface area contributed by atoms with E-state index in [0.29, 0.717) is 37.5 Å². The number of rotatable bonds is 8. The number of fused-ring (bicyclic) bond motifs is 1. The van der Waals surface area contributed by atoms with Crippen molar-refractivity contribution in [3.05, 3.63) is 77.1 Å². The van der Waals surface area contributed by atoms with Gasteiger partial charge in [0.25, 0.3) is 0 Å². The molecule has 2 aromatic heterocycles. The van der Waals surface area contributed by atoms with Gasteiger partial charge in [0.15, 0.2) is 11.5 Å². The van der Waals surface area contributed by atoms with Crippen molar-refractivity contribution in [1.82, 2.24) is 25.1 Å². The van der Waals surface area contributed by atoms with Crippen molar-refractivity contribution in [1.29, 1.82) is 0 Å². The maximum absolute atomic E-state index is 12.4. The molecule has 0 saturated carbocycles. The van der Waals surface area contributed by atoms with Crippen molar-refractivity contribution in [3.63, 3.8) is 0 Å². The second-order valence-electron chi connectivity index (χ2n) is 7.76. The van der Waals surface area contributed by atoms with Crippen LogP contribution in [0.2, 0.25) is 0 Å². The van der Waals surface area contributed by atoms with Crippen LogP contribution >= 0.6 is 0 Å². The molecule has 0 saturated heterocycles. The number of carbonyl (C=O) groups is 1. The molecule has 32 heavy (non-hydrogen) atoms. The van der Waals surface area contributed by atoms with Crippen molar-refractivity contribution >= 4 is 11.6 Å². The first-order valence-corrected chi connectivity index (χ1v) is 10.8. The summed E-state index contributed by atoms with van der Waals surface area (Å²) < 4.78 is 7.23. The van der Waals surface area contributed by atoms with Crippen LogP contribution in [0.5, 0.6) is 5.75 Å². The van der Waals surface area contributed by atoms with Crippen LogP contribution in [-0.4, -0.2) is 32.3 Å². The number of nitrogens with zero attached hydrogens (tertiary/aromatic N) is 4. The van der Waals surface area contributed by atoms with Crippen molar-refractivity contribution in [2.24, 2.45) is 0 Å². The molecule has 4 aromatic rings. The monoisotopic (exact) mass is 429 g/mol. The quantitative estimate of drug-likeness (QED) is 0.457. The van der Waals surface area contributed by atoms with E-state index in [0.717, 1.165) is 22.6 Å². The molecule has 0 unspecified atom stereocenters. The van der Waals surface area contributed by atoms with Crippen molar-refractivity contribution in [2.45, 2.75) is 40.2 Å². The van der Waals surface area contributed by atoms with E-state index in [4.69, 9.17) is 9.84 Å². The van der Waals surface area contributed by atoms with Gasteiger partial charge in [-0.1, -0.05) is 24.3 Å². The maximum Gasteiger partial charge on any atom is 0.220 e. The van der Waals surface area contributed by atoms with Gasteiger partial charge in [-0.25, -0.2) is 0 Å². The summed E-state index contributed by atoms with van der Waals surface area (Å²) in [7, 11) is 0. The lowest BCUT2D eigenvalue weighted by atomic mass is 10.0. The number of aromatic nitrogens is 4. The van der Waals surface area contributed by atoms with Crippen LogP contribution < -0.4 is 10.1 Å².